The third kappa shape index (κ3) is 4.92. The average Bonchev–Trinajstić information content (AvgIpc) is 3.13. The second-order valence-corrected chi connectivity index (χ2v) is 7.16. The molecule has 7 heteroatoms. The van der Waals surface area contributed by atoms with Gasteiger partial charge in [0.05, 0.1) is 5.56 Å². The van der Waals surface area contributed by atoms with Gasteiger partial charge in [0.25, 0.3) is 11.1 Å². The molecule has 6 nitrogen and oxygen atoms in total. The summed E-state index contributed by atoms with van der Waals surface area (Å²) in [4.78, 5) is 28.9. The van der Waals surface area contributed by atoms with E-state index < -0.39 is 12.1 Å². The van der Waals surface area contributed by atoms with Crippen LogP contribution in [0.2, 0.25) is 0 Å². The van der Waals surface area contributed by atoms with E-state index in [9.17, 15) is 9.59 Å². The van der Waals surface area contributed by atoms with Crippen LogP contribution in [0.1, 0.15) is 36.2 Å². The quantitative estimate of drug-likeness (QED) is 0.453. The molecule has 0 fully saturated rings. The molecule has 0 saturated carbocycles. The topological polar surface area (TPSA) is 81.4 Å². The molecule has 0 bridgehead atoms. The zero-order valence-electron chi connectivity index (χ0n) is 15.8. The minimum Gasteiger partial charge on any atom is -0.449 e. The third-order valence-electron chi connectivity index (χ3n) is 4.06. The summed E-state index contributed by atoms with van der Waals surface area (Å²) in [5.41, 5.74) is 2.75. The van der Waals surface area contributed by atoms with Gasteiger partial charge in [0, 0.05) is 12.3 Å². The molecule has 0 radical (unpaired) electrons. The fourth-order valence-electron chi connectivity index (χ4n) is 2.57. The van der Waals surface area contributed by atoms with Crippen molar-refractivity contribution in [2.45, 2.75) is 37.3 Å². The number of benzene rings is 2. The van der Waals surface area contributed by atoms with Crippen LogP contribution in [-0.2, 0) is 15.3 Å². The molecule has 0 aliphatic carbocycles. The van der Waals surface area contributed by atoms with Crippen molar-refractivity contribution in [3.63, 3.8) is 0 Å². The number of oxazole rings is 1. The van der Waals surface area contributed by atoms with Gasteiger partial charge in [0.1, 0.15) is 5.52 Å². The van der Waals surface area contributed by atoms with E-state index in [1.165, 1.54) is 11.8 Å². The molecule has 1 amide bonds. The monoisotopic (exact) mass is 398 g/mol. The molecule has 1 aromatic heterocycles. The fraction of sp³-hybridized carbons (Fsp3) is 0.286. The Morgan fingerprint density at radius 1 is 1.18 bits per heavy atom. The molecule has 28 heavy (non-hydrogen) atoms. The van der Waals surface area contributed by atoms with Gasteiger partial charge in [-0.1, -0.05) is 49.0 Å². The number of hydrogen-bond acceptors (Lipinski definition) is 6. The Hall–Kier alpha value is -2.80. The molecule has 1 N–H and O–H groups in total. The van der Waals surface area contributed by atoms with Crippen molar-refractivity contribution in [2.24, 2.45) is 0 Å². The molecule has 1 unspecified atom stereocenters. The lowest BCUT2D eigenvalue weighted by atomic mass is 10.1. The summed E-state index contributed by atoms with van der Waals surface area (Å²) in [6.45, 7) is 4.08. The number of amides is 1. The molecule has 0 saturated heterocycles. The number of thioether (sulfide) groups is 1. The van der Waals surface area contributed by atoms with E-state index in [4.69, 9.17) is 9.15 Å². The maximum Gasteiger partial charge on any atom is 0.339 e. The second kappa shape index (κ2) is 9.41. The first-order valence-corrected chi connectivity index (χ1v) is 10.1. The number of esters is 1. The highest BCUT2D eigenvalue weighted by atomic mass is 32.2. The summed E-state index contributed by atoms with van der Waals surface area (Å²) in [6, 6.07) is 14.7. The van der Waals surface area contributed by atoms with Gasteiger partial charge < -0.3 is 14.5 Å². The van der Waals surface area contributed by atoms with E-state index in [2.05, 4.69) is 10.3 Å². The van der Waals surface area contributed by atoms with Crippen molar-refractivity contribution in [2.75, 3.05) is 6.54 Å². The second-order valence-electron chi connectivity index (χ2n) is 6.23. The van der Waals surface area contributed by atoms with Gasteiger partial charge >= 0.3 is 5.97 Å². The van der Waals surface area contributed by atoms with Crippen LogP contribution in [0.3, 0.4) is 0 Å². The Morgan fingerprint density at radius 2 is 1.93 bits per heavy atom. The Bertz CT molecular complexity index is 937. The number of carbonyl (C=O) groups excluding carboxylic acids is 2. The molecular weight excluding hydrogens is 376 g/mol. The van der Waals surface area contributed by atoms with E-state index in [1.54, 1.807) is 19.1 Å². The van der Waals surface area contributed by atoms with Crippen molar-refractivity contribution >= 4 is 34.7 Å². The van der Waals surface area contributed by atoms with Gasteiger partial charge in [0.15, 0.2) is 11.7 Å². The SMILES string of the molecule is CCCNC(=O)C(C)OC(=O)c1ccccc1CSc1nc2ccccc2o1. The van der Waals surface area contributed by atoms with E-state index in [0.29, 0.717) is 23.1 Å². The Morgan fingerprint density at radius 3 is 2.71 bits per heavy atom. The Kier molecular flexibility index (Phi) is 6.71. The third-order valence-corrected chi connectivity index (χ3v) is 4.94. The summed E-state index contributed by atoms with van der Waals surface area (Å²) in [5.74, 6) is -0.324. The van der Waals surface area contributed by atoms with Crippen LogP contribution in [0.15, 0.2) is 58.2 Å². The maximum atomic E-state index is 12.6. The molecular formula is C21H22N2O4S. The molecule has 0 spiro atoms. The van der Waals surface area contributed by atoms with Gasteiger partial charge in [-0.15, -0.1) is 0 Å². The molecule has 2 aromatic carbocycles. The van der Waals surface area contributed by atoms with Crippen LogP contribution in [0.4, 0.5) is 0 Å². The van der Waals surface area contributed by atoms with Crippen molar-refractivity contribution in [1.82, 2.24) is 10.3 Å². The summed E-state index contributed by atoms with van der Waals surface area (Å²) in [7, 11) is 0. The van der Waals surface area contributed by atoms with Gasteiger partial charge in [0.2, 0.25) is 0 Å². The van der Waals surface area contributed by atoms with Gasteiger partial charge in [-0.05, 0) is 37.1 Å². The number of aromatic nitrogens is 1. The van der Waals surface area contributed by atoms with Crippen LogP contribution in [0, 0.1) is 0 Å². The van der Waals surface area contributed by atoms with Crippen molar-refractivity contribution in [3.8, 4) is 0 Å². The van der Waals surface area contributed by atoms with E-state index in [-0.39, 0.29) is 5.91 Å². The number of carbonyl (C=O) groups is 2. The normalized spacial score (nSPS) is 11.9. The molecule has 3 aromatic rings. The van der Waals surface area contributed by atoms with Crippen LogP contribution in [0.5, 0.6) is 0 Å². The highest BCUT2D eigenvalue weighted by Gasteiger charge is 2.20. The van der Waals surface area contributed by atoms with Crippen LogP contribution in [-0.4, -0.2) is 29.5 Å². The summed E-state index contributed by atoms with van der Waals surface area (Å²) < 4.78 is 11.0. The standard InChI is InChI=1S/C21H22N2O4S/c1-3-12-22-19(24)14(2)26-20(25)16-9-5-4-8-15(16)13-28-21-23-17-10-6-7-11-18(17)27-21/h4-11,14H,3,12-13H2,1-2H3,(H,22,24). The van der Waals surface area contributed by atoms with Gasteiger partial charge in [-0.3, -0.25) is 4.79 Å². The lowest BCUT2D eigenvalue weighted by Crippen LogP contribution is -2.36. The Balaban J connectivity index is 1.66. The van der Waals surface area contributed by atoms with Crippen LogP contribution >= 0.6 is 11.8 Å². The first kappa shape index (κ1) is 19.9. The summed E-state index contributed by atoms with van der Waals surface area (Å²) in [6.07, 6.45) is -0.0285. The predicted molar refractivity (Wildman–Crippen MR) is 108 cm³/mol. The first-order valence-electron chi connectivity index (χ1n) is 9.13. The number of fused-ring (bicyclic) bond motifs is 1. The molecule has 1 heterocycles. The summed E-state index contributed by atoms with van der Waals surface area (Å²) >= 11 is 1.40. The first-order chi connectivity index (χ1) is 13.6. The van der Waals surface area contributed by atoms with Crippen molar-refractivity contribution in [3.05, 3.63) is 59.7 Å². The summed E-state index contributed by atoms with van der Waals surface area (Å²) in [5, 5.41) is 3.26. The number of nitrogens with zero attached hydrogens (tertiary/aromatic N) is 1. The highest BCUT2D eigenvalue weighted by Crippen LogP contribution is 2.27. The van der Waals surface area contributed by atoms with Gasteiger partial charge in [-0.2, -0.15) is 0 Å². The number of ether oxygens (including phenoxy) is 1. The van der Waals surface area contributed by atoms with E-state index in [1.807, 2.05) is 43.3 Å². The smallest absolute Gasteiger partial charge is 0.339 e. The molecule has 3 rings (SSSR count). The largest absolute Gasteiger partial charge is 0.449 e. The van der Waals surface area contributed by atoms with E-state index >= 15 is 0 Å². The number of para-hydroxylation sites is 2. The number of rotatable bonds is 8. The Labute approximate surface area is 167 Å². The maximum absolute atomic E-state index is 12.6. The molecule has 1 atom stereocenters. The molecule has 0 aliphatic rings. The fourth-order valence-corrected chi connectivity index (χ4v) is 3.41. The lowest BCUT2D eigenvalue weighted by Gasteiger charge is -2.14. The van der Waals surface area contributed by atoms with Crippen LogP contribution in [0.25, 0.3) is 11.1 Å². The molecule has 146 valence electrons. The zero-order valence-corrected chi connectivity index (χ0v) is 16.6. The van der Waals surface area contributed by atoms with E-state index in [0.717, 1.165) is 23.1 Å². The number of nitrogens with one attached hydrogen (secondary N) is 1. The predicted octanol–water partition coefficient (Wildman–Crippen LogP) is 4.19. The van der Waals surface area contributed by atoms with Crippen LogP contribution < -0.4 is 5.32 Å². The minimum atomic E-state index is -0.850. The highest BCUT2D eigenvalue weighted by molar-refractivity contribution is 7.98. The minimum absolute atomic E-state index is 0.298. The van der Waals surface area contributed by atoms with Crippen molar-refractivity contribution < 1.29 is 18.7 Å². The number of hydrogen-bond donors (Lipinski definition) is 1. The molecule has 0 aliphatic heterocycles. The zero-order chi connectivity index (χ0) is 19.9. The van der Waals surface area contributed by atoms with Gasteiger partial charge in [-0.25, -0.2) is 9.78 Å². The lowest BCUT2D eigenvalue weighted by molar-refractivity contribution is -0.129. The van der Waals surface area contributed by atoms with Crippen molar-refractivity contribution in [1.29, 1.82) is 0 Å². The average molecular weight is 398 g/mol.